The Morgan fingerprint density at radius 3 is 2.75 bits per heavy atom. The molecule has 0 radical (unpaired) electrons. The average Bonchev–Trinajstić information content (AvgIpc) is 3.43. The number of nitrogens with zero attached hydrogens (tertiary/aromatic N) is 2. The minimum absolute atomic E-state index is 0.0800. The van der Waals surface area contributed by atoms with Gasteiger partial charge in [-0.05, 0) is 30.7 Å². The molecule has 170 valence electrons. The zero-order valence-electron chi connectivity index (χ0n) is 17.7. The van der Waals surface area contributed by atoms with Crippen molar-refractivity contribution in [1.82, 2.24) is 0 Å². The number of thiophene rings is 1. The van der Waals surface area contributed by atoms with Crippen LogP contribution in [0.15, 0.2) is 30.3 Å². The summed E-state index contributed by atoms with van der Waals surface area (Å²) >= 11 is 1.56. The summed E-state index contributed by atoms with van der Waals surface area (Å²) in [6, 6.07) is 9.00. The maximum absolute atomic E-state index is 12.1. The molecular formula is C22H25N3O6S. The first-order valence-electron chi connectivity index (χ1n) is 10.4. The van der Waals surface area contributed by atoms with Crippen molar-refractivity contribution in [2.45, 2.75) is 25.5 Å². The van der Waals surface area contributed by atoms with Gasteiger partial charge in [0.2, 0.25) is 0 Å². The molecule has 2 fully saturated rings. The number of morpholine rings is 1. The molecule has 0 saturated carbocycles. The molecule has 2 aromatic rings. The molecule has 2 N–H and O–H groups in total. The Morgan fingerprint density at radius 1 is 1.25 bits per heavy atom. The van der Waals surface area contributed by atoms with Crippen LogP contribution in [-0.2, 0) is 20.7 Å². The molecule has 0 bridgehead atoms. The normalized spacial score (nSPS) is 21.7. The van der Waals surface area contributed by atoms with Crippen molar-refractivity contribution >= 4 is 41.0 Å². The maximum Gasteiger partial charge on any atom is 0.415 e. The van der Waals surface area contributed by atoms with Gasteiger partial charge in [-0.25, -0.2) is 4.79 Å². The average molecular weight is 460 g/mol. The fourth-order valence-corrected chi connectivity index (χ4v) is 4.60. The van der Waals surface area contributed by atoms with E-state index < -0.39 is 6.09 Å². The molecular weight excluding hydrogens is 434 g/mol. The molecule has 2 unspecified atom stereocenters. The lowest BCUT2D eigenvalue weighted by molar-refractivity contribution is -0.125. The van der Waals surface area contributed by atoms with Gasteiger partial charge in [-0.2, -0.15) is 0 Å². The molecule has 0 aliphatic carbocycles. The van der Waals surface area contributed by atoms with Gasteiger partial charge in [0, 0.05) is 29.7 Å². The predicted octanol–water partition coefficient (Wildman–Crippen LogP) is 2.22. The van der Waals surface area contributed by atoms with Crippen LogP contribution in [0, 0.1) is 0 Å². The highest BCUT2D eigenvalue weighted by Crippen LogP contribution is 2.40. The number of ether oxygens (including phenoxy) is 3. The first-order chi connectivity index (χ1) is 15.5. The van der Waals surface area contributed by atoms with E-state index in [4.69, 9.17) is 19.9 Å². The Bertz CT molecular complexity index is 1010. The number of anilines is 2. The molecule has 9 nitrogen and oxygen atoms in total. The molecule has 2 amide bonds. The fourth-order valence-electron chi connectivity index (χ4n) is 3.83. The van der Waals surface area contributed by atoms with Crippen LogP contribution in [0.1, 0.15) is 21.5 Å². The third kappa shape index (κ3) is 4.34. The lowest BCUT2D eigenvalue weighted by atomic mass is 10.1. The van der Waals surface area contributed by atoms with E-state index >= 15 is 0 Å². The second kappa shape index (κ2) is 9.68. The number of benzene rings is 1. The van der Waals surface area contributed by atoms with Crippen LogP contribution in [0.25, 0.3) is 0 Å². The smallest absolute Gasteiger partial charge is 0.415 e. The Kier molecular flexibility index (Phi) is 6.73. The third-order valence-corrected chi connectivity index (χ3v) is 6.65. The number of hydrogen-bond acceptors (Lipinski definition) is 8. The first kappa shape index (κ1) is 22.3. The molecule has 1 aromatic carbocycles. The highest BCUT2D eigenvalue weighted by molar-refractivity contribution is 7.13. The molecule has 2 atom stereocenters. The highest BCUT2D eigenvalue weighted by atomic mass is 32.1. The summed E-state index contributed by atoms with van der Waals surface area (Å²) in [5.41, 5.74) is 7.02. The molecule has 2 saturated heterocycles. The van der Waals surface area contributed by atoms with E-state index in [0.717, 1.165) is 23.3 Å². The number of aldehydes is 1. The van der Waals surface area contributed by atoms with E-state index in [2.05, 4.69) is 6.92 Å². The Labute approximate surface area is 189 Å². The van der Waals surface area contributed by atoms with Crippen LogP contribution in [0.4, 0.5) is 16.2 Å². The highest BCUT2D eigenvalue weighted by Gasteiger charge is 2.46. The Morgan fingerprint density at radius 2 is 2.09 bits per heavy atom. The zero-order chi connectivity index (χ0) is 22.7. The van der Waals surface area contributed by atoms with E-state index in [0.29, 0.717) is 31.2 Å². The molecule has 10 heteroatoms. The summed E-state index contributed by atoms with van der Waals surface area (Å²) in [6.07, 6.45) is 1.14. The van der Waals surface area contributed by atoms with Gasteiger partial charge >= 0.3 is 6.09 Å². The largest absolute Gasteiger partial charge is 0.489 e. The van der Waals surface area contributed by atoms with Crippen LogP contribution >= 0.6 is 11.3 Å². The SMILES string of the molecule is CCc1ccc(C=O)s1.NCC1OC(=O)N2c3ccc(N4CCOCC4=O)cc3OCC12. The number of cyclic esters (lactones) is 1. The Hall–Kier alpha value is -2.95. The zero-order valence-corrected chi connectivity index (χ0v) is 18.5. The van der Waals surface area contributed by atoms with Crippen molar-refractivity contribution in [2.75, 3.05) is 42.7 Å². The van der Waals surface area contributed by atoms with E-state index in [9.17, 15) is 14.4 Å². The molecule has 0 spiro atoms. The van der Waals surface area contributed by atoms with Crippen molar-refractivity contribution in [2.24, 2.45) is 5.73 Å². The summed E-state index contributed by atoms with van der Waals surface area (Å²) in [7, 11) is 0. The molecule has 3 aliphatic heterocycles. The number of carbonyl (C=O) groups is 3. The van der Waals surface area contributed by atoms with E-state index in [1.165, 1.54) is 4.88 Å². The van der Waals surface area contributed by atoms with Crippen molar-refractivity contribution in [1.29, 1.82) is 0 Å². The van der Waals surface area contributed by atoms with E-state index in [-0.39, 0.29) is 31.2 Å². The molecule has 32 heavy (non-hydrogen) atoms. The molecule has 1 aromatic heterocycles. The van der Waals surface area contributed by atoms with Gasteiger partial charge < -0.3 is 24.8 Å². The second-order valence-corrected chi connectivity index (χ2v) is 8.63. The lowest BCUT2D eigenvalue weighted by Crippen LogP contribution is -2.46. The number of amides is 2. The maximum atomic E-state index is 12.1. The van der Waals surface area contributed by atoms with Gasteiger partial charge in [0.15, 0.2) is 6.29 Å². The first-order valence-corrected chi connectivity index (χ1v) is 11.3. The van der Waals surface area contributed by atoms with E-state index in [1.54, 1.807) is 39.3 Å². The van der Waals surface area contributed by atoms with Crippen LogP contribution in [0.5, 0.6) is 5.75 Å². The van der Waals surface area contributed by atoms with Crippen LogP contribution in [0.3, 0.4) is 0 Å². The van der Waals surface area contributed by atoms with E-state index in [1.807, 2.05) is 12.1 Å². The van der Waals surface area contributed by atoms with Gasteiger partial charge in [0.05, 0.1) is 17.2 Å². The number of nitrogens with two attached hydrogens (primary N) is 1. The van der Waals surface area contributed by atoms with Crippen LogP contribution < -0.4 is 20.3 Å². The Balaban J connectivity index is 0.000000230. The minimum atomic E-state index is -0.412. The molecule has 5 rings (SSSR count). The summed E-state index contributed by atoms with van der Waals surface area (Å²) < 4.78 is 16.2. The summed E-state index contributed by atoms with van der Waals surface area (Å²) in [6.45, 7) is 3.74. The number of hydrogen-bond donors (Lipinski definition) is 1. The van der Waals surface area contributed by atoms with Crippen LogP contribution in [-0.4, -0.2) is 63.3 Å². The number of rotatable bonds is 4. The van der Waals surface area contributed by atoms with Crippen molar-refractivity contribution < 1.29 is 28.6 Å². The summed E-state index contributed by atoms with van der Waals surface area (Å²) in [5, 5.41) is 0. The number of carbonyl (C=O) groups excluding carboxylic acids is 3. The third-order valence-electron chi connectivity index (χ3n) is 5.50. The summed E-state index contributed by atoms with van der Waals surface area (Å²) in [4.78, 5) is 39.5. The van der Waals surface area contributed by atoms with Gasteiger partial charge in [0.1, 0.15) is 31.1 Å². The second-order valence-electron chi connectivity index (χ2n) is 7.43. The topological polar surface area (TPSA) is 111 Å². The van der Waals surface area contributed by atoms with Gasteiger partial charge in [0.25, 0.3) is 5.91 Å². The van der Waals surface area contributed by atoms with Crippen molar-refractivity contribution in [3.05, 3.63) is 40.1 Å². The van der Waals surface area contributed by atoms with Crippen LogP contribution in [0.2, 0.25) is 0 Å². The quantitative estimate of drug-likeness (QED) is 0.698. The molecule has 4 heterocycles. The van der Waals surface area contributed by atoms with Crippen molar-refractivity contribution in [3.63, 3.8) is 0 Å². The minimum Gasteiger partial charge on any atom is -0.489 e. The van der Waals surface area contributed by atoms with Gasteiger partial charge in [-0.15, -0.1) is 11.3 Å². The fraction of sp³-hybridized carbons (Fsp3) is 0.409. The van der Waals surface area contributed by atoms with Crippen molar-refractivity contribution in [3.8, 4) is 5.75 Å². The number of fused-ring (bicyclic) bond motifs is 3. The monoisotopic (exact) mass is 459 g/mol. The lowest BCUT2D eigenvalue weighted by Gasteiger charge is -2.33. The predicted molar refractivity (Wildman–Crippen MR) is 120 cm³/mol. The summed E-state index contributed by atoms with van der Waals surface area (Å²) in [5.74, 6) is 0.473. The van der Waals surface area contributed by atoms with Gasteiger partial charge in [-0.1, -0.05) is 6.92 Å². The molecule has 3 aliphatic rings. The number of aryl methyl sites for hydroxylation is 1. The van der Waals surface area contributed by atoms with Gasteiger partial charge in [-0.3, -0.25) is 14.5 Å². The standard InChI is InChI=1S/C15H17N3O5.C7H8OS/c16-6-13-11-7-22-12-5-9(17-3-4-21-8-14(17)19)1-2-10(12)18(11)15(20)23-13;1-2-6-3-4-7(5-8)9-6/h1-2,5,11,13H,3-4,6-8,16H2;3-5H,2H2,1H3.